The quantitative estimate of drug-likeness (QED) is 0.865. The van der Waals surface area contributed by atoms with Crippen LogP contribution in [0.2, 0.25) is 0 Å². The molecule has 0 amide bonds. The van der Waals surface area contributed by atoms with E-state index in [1.807, 2.05) is 18.2 Å². The van der Waals surface area contributed by atoms with Crippen molar-refractivity contribution in [3.05, 3.63) is 23.8 Å². The minimum absolute atomic E-state index is 0.0861. The Hall–Kier alpha value is -1.75. The summed E-state index contributed by atoms with van der Waals surface area (Å²) in [5, 5.41) is 12.3. The normalized spacial score (nSPS) is 29.4. The second-order valence-electron chi connectivity index (χ2n) is 5.91. The zero-order chi connectivity index (χ0) is 13.7. The lowest BCUT2D eigenvalue weighted by molar-refractivity contribution is -0.141. The van der Waals surface area contributed by atoms with Crippen LogP contribution < -0.4 is 14.8 Å². The van der Waals surface area contributed by atoms with Crippen molar-refractivity contribution in [3.8, 4) is 11.5 Å². The Morgan fingerprint density at radius 1 is 1.30 bits per heavy atom. The fourth-order valence-corrected chi connectivity index (χ4v) is 3.17. The summed E-state index contributed by atoms with van der Waals surface area (Å²) in [6.45, 7) is 0.526. The minimum Gasteiger partial charge on any atom is -0.481 e. The van der Waals surface area contributed by atoms with Gasteiger partial charge in [0.1, 0.15) is 0 Å². The lowest BCUT2D eigenvalue weighted by Gasteiger charge is -2.35. The number of rotatable bonds is 2. The standard InChI is InChI=1S/C15H17NO4/c17-14(18)10-6-11(16-8-10)9-2-3-12-13(7-9)20-15(19-12)4-1-5-15/h2-3,7,10-11,16H,1,4-6,8H2,(H,17,18). The van der Waals surface area contributed by atoms with Gasteiger partial charge >= 0.3 is 5.97 Å². The molecule has 3 aliphatic rings. The topological polar surface area (TPSA) is 67.8 Å². The number of aliphatic carboxylic acids is 1. The molecule has 1 saturated heterocycles. The number of fused-ring (bicyclic) bond motifs is 1. The monoisotopic (exact) mass is 275 g/mol. The first-order valence-corrected chi connectivity index (χ1v) is 7.13. The van der Waals surface area contributed by atoms with Crippen molar-refractivity contribution < 1.29 is 19.4 Å². The molecule has 5 nitrogen and oxygen atoms in total. The largest absolute Gasteiger partial charge is 0.481 e. The van der Waals surface area contributed by atoms with Crippen LogP contribution in [0.3, 0.4) is 0 Å². The Labute approximate surface area is 116 Å². The van der Waals surface area contributed by atoms with Gasteiger partial charge in [0.25, 0.3) is 5.79 Å². The van der Waals surface area contributed by atoms with Gasteiger partial charge in [0, 0.05) is 25.4 Å². The Kier molecular flexibility index (Phi) is 2.48. The average molecular weight is 275 g/mol. The van der Waals surface area contributed by atoms with Crippen molar-refractivity contribution in [2.45, 2.75) is 37.5 Å². The molecule has 2 heterocycles. The number of carboxylic acids is 1. The van der Waals surface area contributed by atoms with Gasteiger partial charge in [0.15, 0.2) is 11.5 Å². The molecule has 1 aromatic rings. The van der Waals surface area contributed by atoms with Crippen LogP contribution in [-0.4, -0.2) is 23.4 Å². The third kappa shape index (κ3) is 1.77. The molecular weight excluding hydrogens is 258 g/mol. The molecule has 2 aliphatic heterocycles. The number of hydrogen-bond donors (Lipinski definition) is 2. The van der Waals surface area contributed by atoms with Gasteiger partial charge in [-0.1, -0.05) is 6.07 Å². The van der Waals surface area contributed by atoms with Crippen molar-refractivity contribution in [3.63, 3.8) is 0 Å². The van der Waals surface area contributed by atoms with Crippen LogP contribution in [0.5, 0.6) is 11.5 Å². The molecular formula is C15H17NO4. The summed E-state index contributed by atoms with van der Waals surface area (Å²) in [5.74, 6) is 0.162. The van der Waals surface area contributed by atoms with E-state index in [1.54, 1.807) is 0 Å². The Morgan fingerprint density at radius 3 is 2.75 bits per heavy atom. The van der Waals surface area contributed by atoms with Gasteiger partial charge in [0.05, 0.1) is 5.92 Å². The molecule has 0 bridgehead atoms. The van der Waals surface area contributed by atoms with Gasteiger partial charge in [0.2, 0.25) is 0 Å². The molecule has 20 heavy (non-hydrogen) atoms. The lowest BCUT2D eigenvalue weighted by Crippen LogP contribution is -2.45. The zero-order valence-corrected chi connectivity index (χ0v) is 11.1. The highest BCUT2D eigenvalue weighted by Crippen LogP contribution is 2.49. The third-order valence-electron chi connectivity index (χ3n) is 4.56. The van der Waals surface area contributed by atoms with Crippen LogP contribution in [0.25, 0.3) is 0 Å². The zero-order valence-electron chi connectivity index (χ0n) is 11.1. The second-order valence-corrected chi connectivity index (χ2v) is 5.91. The summed E-state index contributed by atoms with van der Waals surface area (Å²) in [6.07, 6.45) is 3.66. The van der Waals surface area contributed by atoms with Crippen LogP contribution in [-0.2, 0) is 4.79 Å². The summed E-state index contributed by atoms with van der Waals surface area (Å²) in [6, 6.07) is 6.02. The number of carbonyl (C=O) groups is 1. The molecule has 2 fully saturated rings. The van der Waals surface area contributed by atoms with Crippen LogP contribution in [0, 0.1) is 5.92 Å². The molecule has 2 N–H and O–H groups in total. The van der Waals surface area contributed by atoms with Gasteiger partial charge in [-0.3, -0.25) is 4.79 Å². The maximum Gasteiger partial charge on any atom is 0.307 e. The van der Waals surface area contributed by atoms with Gasteiger partial charge in [-0.15, -0.1) is 0 Å². The molecule has 0 aromatic heterocycles. The van der Waals surface area contributed by atoms with Gasteiger partial charge in [-0.05, 0) is 30.5 Å². The van der Waals surface area contributed by atoms with Crippen LogP contribution in [0.4, 0.5) is 0 Å². The highest BCUT2D eigenvalue weighted by atomic mass is 16.7. The van der Waals surface area contributed by atoms with Gasteiger partial charge in [-0.25, -0.2) is 0 Å². The van der Waals surface area contributed by atoms with Crippen LogP contribution >= 0.6 is 0 Å². The first-order valence-electron chi connectivity index (χ1n) is 7.13. The van der Waals surface area contributed by atoms with Crippen LogP contribution in [0.15, 0.2) is 18.2 Å². The lowest BCUT2D eigenvalue weighted by atomic mass is 9.91. The first-order chi connectivity index (χ1) is 9.65. The highest BCUT2D eigenvalue weighted by Gasteiger charge is 2.47. The number of carboxylic acid groups (broad SMARTS) is 1. The molecule has 1 saturated carbocycles. The molecule has 2 unspecified atom stereocenters. The number of benzene rings is 1. The number of hydrogen-bond acceptors (Lipinski definition) is 4. The van der Waals surface area contributed by atoms with E-state index in [1.165, 1.54) is 0 Å². The smallest absolute Gasteiger partial charge is 0.307 e. The highest BCUT2D eigenvalue weighted by molar-refractivity contribution is 5.70. The van der Waals surface area contributed by atoms with Gasteiger partial charge < -0.3 is 19.9 Å². The van der Waals surface area contributed by atoms with Crippen molar-refractivity contribution >= 4 is 5.97 Å². The molecule has 0 radical (unpaired) electrons. The summed E-state index contributed by atoms with van der Waals surface area (Å²) in [5.41, 5.74) is 1.08. The van der Waals surface area contributed by atoms with Crippen LogP contribution in [0.1, 0.15) is 37.3 Å². The number of ether oxygens (including phenoxy) is 2. The van der Waals surface area contributed by atoms with E-state index in [0.29, 0.717) is 13.0 Å². The molecule has 106 valence electrons. The summed E-state index contributed by atoms with van der Waals surface area (Å²) in [7, 11) is 0. The van der Waals surface area contributed by atoms with E-state index in [-0.39, 0.29) is 12.0 Å². The maximum absolute atomic E-state index is 11.0. The predicted molar refractivity (Wildman–Crippen MR) is 70.8 cm³/mol. The molecule has 5 heteroatoms. The Bertz CT molecular complexity index is 567. The van der Waals surface area contributed by atoms with Crippen molar-refractivity contribution in [2.24, 2.45) is 5.92 Å². The third-order valence-corrected chi connectivity index (χ3v) is 4.56. The van der Waals surface area contributed by atoms with Crippen molar-refractivity contribution in [1.82, 2.24) is 5.32 Å². The molecule has 1 aliphatic carbocycles. The fraction of sp³-hybridized carbons (Fsp3) is 0.533. The molecule has 1 spiro atoms. The fourth-order valence-electron chi connectivity index (χ4n) is 3.17. The van der Waals surface area contributed by atoms with Gasteiger partial charge in [-0.2, -0.15) is 0 Å². The minimum atomic E-state index is -0.728. The SMILES string of the molecule is O=C(O)C1CNC(c2ccc3c(c2)OC2(CCC2)O3)C1. The molecule has 4 rings (SSSR count). The molecule has 1 aromatic carbocycles. The first kappa shape index (κ1) is 12.0. The molecule has 2 atom stereocenters. The summed E-state index contributed by atoms with van der Waals surface area (Å²) in [4.78, 5) is 11.0. The van der Waals surface area contributed by atoms with Crippen molar-refractivity contribution in [2.75, 3.05) is 6.54 Å². The second kappa shape index (κ2) is 4.12. The summed E-state index contributed by atoms with van der Waals surface area (Å²) >= 11 is 0. The predicted octanol–water partition coefficient (Wildman–Crippen LogP) is 2.07. The van der Waals surface area contributed by atoms with E-state index >= 15 is 0 Å². The maximum atomic E-state index is 11.0. The Balaban J connectivity index is 1.54. The Morgan fingerprint density at radius 2 is 2.10 bits per heavy atom. The number of nitrogens with one attached hydrogen (secondary N) is 1. The van der Waals surface area contributed by atoms with E-state index in [4.69, 9.17) is 14.6 Å². The van der Waals surface area contributed by atoms with E-state index in [9.17, 15) is 4.79 Å². The van der Waals surface area contributed by atoms with Crippen molar-refractivity contribution in [1.29, 1.82) is 0 Å². The van der Waals surface area contributed by atoms with E-state index in [2.05, 4.69) is 5.32 Å². The van der Waals surface area contributed by atoms with E-state index in [0.717, 1.165) is 36.3 Å². The average Bonchev–Trinajstić information content (AvgIpc) is 3.01. The van der Waals surface area contributed by atoms with E-state index < -0.39 is 11.8 Å². The summed E-state index contributed by atoms with van der Waals surface area (Å²) < 4.78 is 11.8.